The Morgan fingerprint density at radius 1 is 1.04 bits per heavy atom. The molecule has 0 spiro atoms. The summed E-state index contributed by atoms with van der Waals surface area (Å²) < 4.78 is 27.0. The average molecular weight is 341 g/mol. The van der Waals surface area contributed by atoms with Crippen LogP contribution in [0.3, 0.4) is 0 Å². The molecule has 5 nitrogen and oxygen atoms in total. The lowest BCUT2D eigenvalue weighted by atomic mass is 10.2. The first-order valence-corrected chi connectivity index (χ1v) is 7.69. The first-order chi connectivity index (χ1) is 12.0. The van der Waals surface area contributed by atoms with Gasteiger partial charge in [-0.05, 0) is 38.1 Å². The van der Waals surface area contributed by atoms with Gasteiger partial charge < -0.3 is 10.6 Å². The molecule has 2 heterocycles. The van der Waals surface area contributed by atoms with Gasteiger partial charge in [0.05, 0.1) is 12.2 Å². The van der Waals surface area contributed by atoms with Crippen LogP contribution in [0, 0.1) is 25.5 Å². The Labute approximate surface area is 144 Å². The summed E-state index contributed by atoms with van der Waals surface area (Å²) in [7, 11) is 0. The van der Waals surface area contributed by atoms with Crippen LogP contribution in [-0.2, 0) is 6.54 Å². The van der Waals surface area contributed by atoms with E-state index in [-0.39, 0.29) is 6.54 Å². The fraction of sp³-hybridized carbons (Fsp3) is 0.167. The van der Waals surface area contributed by atoms with Crippen molar-refractivity contribution in [3.63, 3.8) is 0 Å². The van der Waals surface area contributed by atoms with Crippen molar-refractivity contribution >= 4 is 17.5 Å². The zero-order valence-electron chi connectivity index (χ0n) is 13.9. The topological polar surface area (TPSA) is 67.9 Å². The van der Waals surface area contributed by atoms with E-state index in [1.54, 1.807) is 17.2 Å². The molecule has 7 heteroatoms. The summed E-state index contributed by atoms with van der Waals surface area (Å²) in [6.07, 6.45) is 1.66. The molecular formula is C18H17F2N5. The third kappa shape index (κ3) is 3.55. The summed E-state index contributed by atoms with van der Waals surface area (Å²) in [6.45, 7) is 3.93. The molecule has 3 aromatic rings. The number of rotatable bonds is 4. The Morgan fingerprint density at radius 3 is 2.48 bits per heavy atom. The molecule has 0 saturated heterocycles. The summed E-state index contributed by atoms with van der Waals surface area (Å²) in [5.74, 6) is -1.21. The van der Waals surface area contributed by atoms with E-state index >= 15 is 0 Å². The van der Waals surface area contributed by atoms with Gasteiger partial charge in [0.15, 0.2) is 11.6 Å². The number of hydrogen-bond acceptors (Lipinski definition) is 5. The van der Waals surface area contributed by atoms with E-state index in [9.17, 15) is 8.78 Å². The molecule has 0 saturated carbocycles. The molecule has 128 valence electrons. The van der Waals surface area contributed by atoms with Gasteiger partial charge in [0.1, 0.15) is 5.82 Å². The number of nitrogen functional groups attached to an aromatic ring is 1. The van der Waals surface area contributed by atoms with E-state index in [1.807, 2.05) is 26.0 Å². The number of aryl methyl sites for hydroxylation is 1. The molecular weight excluding hydrogens is 324 g/mol. The summed E-state index contributed by atoms with van der Waals surface area (Å²) in [4.78, 5) is 14.7. The molecule has 0 amide bonds. The number of benzene rings is 1. The summed E-state index contributed by atoms with van der Waals surface area (Å²) >= 11 is 0. The highest BCUT2D eigenvalue weighted by molar-refractivity contribution is 5.59. The third-order valence-electron chi connectivity index (χ3n) is 3.92. The fourth-order valence-corrected chi connectivity index (χ4v) is 2.34. The molecule has 3 rings (SSSR count). The van der Waals surface area contributed by atoms with Crippen LogP contribution in [-0.4, -0.2) is 15.0 Å². The molecule has 0 fully saturated rings. The predicted octanol–water partition coefficient (Wildman–Crippen LogP) is 3.69. The van der Waals surface area contributed by atoms with Crippen molar-refractivity contribution in [3.8, 4) is 0 Å². The molecule has 2 aromatic heterocycles. The first-order valence-electron chi connectivity index (χ1n) is 7.69. The van der Waals surface area contributed by atoms with Crippen molar-refractivity contribution < 1.29 is 8.78 Å². The van der Waals surface area contributed by atoms with Gasteiger partial charge in [-0.2, -0.15) is 4.98 Å². The number of pyridine rings is 1. The van der Waals surface area contributed by atoms with Gasteiger partial charge in [-0.15, -0.1) is 0 Å². The summed E-state index contributed by atoms with van der Waals surface area (Å²) in [5.41, 5.74) is 8.60. The van der Waals surface area contributed by atoms with Crippen molar-refractivity contribution in [1.29, 1.82) is 0 Å². The molecule has 25 heavy (non-hydrogen) atoms. The Morgan fingerprint density at radius 2 is 1.84 bits per heavy atom. The predicted molar refractivity (Wildman–Crippen MR) is 92.4 cm³/mol. The zero-order chi connectivity index (χ0) is 18.0. The van der Waals surface area contributed by atoms with E-state index < -0.39 is 11.6 Å². The molecule has 0 aliphatic rings. The maximum Gasteiger partial charge on any atom is 0.232 e. The second kappa shape index (κ2) is 6.80. The molecule has 0 aliphatic heterocycles. The maximum atomic E-state index is 13.7. The van der Waals surface area contributed by atoms with Crippen LogP contribution in [0.15, 0.2) is 42.6 Å². The lowest BCUT2D eigenvalue weighted by Gasteiger charge is -2.23. The van der Waals surface area contributed by atoms with Gasteiger partial charge in [-0.25, -0.2) is 13.8 Å². The van der Waals surface area contributed by atoms with Crippen molar-refractivity contribution in [2.45, 2.75) is 20.4 Å². The minimum Gasteiger partial charge on any atom is -0.383 e. The van der Waals surface area contributed by atoms with Crippen LogP contribution in [0.5, 0.6) is 0 Å². The smallest absolute Gasteiger partial charge is 0.232 e. The van der Waals surface area contributed by atoms with Crippen molar-refractivity contribution in [2.24, 2.45) is 0 Å². The third-order valence-corrected chi connectivity index (χ3v) is 3.92. The monoisotopic (exact) mass is 341 g/mol. The lowest BCUT2D eigenvalue weighted by Crippen LogP contribution is -2.21. The van der Waals surface area contributed by atoms with Gasteiger partial charge in [0, 0.05) is 29.2 Å². The minimum atomic E-state index is -0.944. The number of hydrogen-bond donors (Lipinski definition) is 1. The highest BCUT2D eigenvalue weighted by Gasteiger charge is 2.18. The van der Waals surface area contributed by atoms with Crippen LogP contribution in [0.25, 0.3) is 0 Å². The Hall–Kier alpha value is -3.09. The zero-order valence-corrected chi connectivity index (χ0v) is 13.9. The molecule has 0 unspecified atom stereocenters. The van der Waals surface area contributed by atoms with E-state index in [2.05, 4.69) is 15.0 Å². The Bertz CT molecular complexity index is 876. The molecule has 0 bridgehead atoms. The van der Waals surface area contributed by atoms with Gasteiger partial charge in [-0.3, -0.25) is 4.98 Å². The number of aromatic nitrogens is 3. The lowest BCUT2D eigenvalue weighted by molar-refractivity contribution is 0.508. The van der Waals surface area contributed by atoms with Crippen LogP contribution in [0.4, 0.5) is 26.2 Å². The standard InChI is InChI=1S/C18H17F2N5/c1-11-12(2)23-18(24-17(11)21)25(10-13-5-3-4-8-22-13)14-6-7-15(19)16(20)9-14/h3-9H,10H2,1-2H3,(H2,21,23,24). The van der Waals surface area contributed by atoms with Gasteiger partial charge in [0.2, 0.25) is 5.95 Å². The molecule has 0 radical (unpaired) electrons. The summed E-state index contributed by atoms with van der Waals surface area (Å²) in [5, 5.41) is 0. The quantitative estimate of drug-likeness (QED) is 0.784. The highest BCUT2D eigenvalue weighted by atomic mass is 19.2. The van der Waals surface area contributed by atoms with E-state index in [0.29, 0.717) is 17.5 Å². The van der Waals surface area contributed by atoms with E-state index in [1.165, 1.54) is 6.07 Å². The average Bonchev–Trinajstić information content (AvgIpc) is 2.60. The second-order valence-electron chi connectivity index (χ2n) is 5.62. The van der Waals surface area contributed by atoms with Crippen molar-refractivity contribution in [2.75, 3.05) is 10.6 Å². The molecule has 0 atom stereocenters. The summed E-state index contributed by atoms with van der Waals surface area (Å²) in [6, 6.07) is 9.12. The fourth-order valence-electron chi connectivity index (χ4n) is 2.34. The van der Waals surface area contributed by atoms with Crippen LogP contribution < -0.4 is 10.6 Å². The Kier molecular flexibility index (Phi) is 4.56. The van der Waals surface area contributed by atoms with Crippen molar-refractivity contribution in [1.82, 2.24) is 15.0 Å². The van der Waals surface area contributed by atoms with Crippen LogP contribution >= 0.6 is 0 Å². The van der Waals surface area contributed by atoms with Crippen LogP contribution in [0.2, 0.25) is 0 Å². The van der Waals surface area contributed by atoms with E-state index in [4.69, 9.17) is 5.73 Å². The maximum absolute atomic E-state index is 13.7. The van der Waals surface area contributed by atoms with E-state index in [0.717, 1.165) is 29.1 Å². The van der Waals surface area contributed by atoms with Gasteiger partial charge in [-0.1, -0.05) is 6.07 Å². The second-order valence-corrected chi connectivity index (χ2v) is 5.62. The number of halogens is 2. The first kappa shape index (κ1) is 16.8. The number of nitrogens with zero attached hydrogens (tertiary/aromatic N) is 4. The normalized spacial score (nSPS) is 10.7. The molecule has 1 aromatic carbocycles. The molecule has 2 N–H and O–H groups in total. The Balaban J connectivity index is 2.09. The number of nitrogens with two attached hydrogens (primary N) is 1. The largest absolute Gasteiger partial charge is 0.383 e. The van der Waals surface area contributed by atoms with Crippen molar-refractivity contribution in [3.05, 3.63) is 71.2 Å². The highest BCUT2D eigenvalue weighted by Crippen LogP contribution is 2.27. The minimum absolute atomic E-state index is 0.286. The molecule has 0 aliphatic carbocycles. The van der Waals surface area contributed by atoms with Gasteiger partial charge >= 0.3 is 0 Å². The number of anilines is 3. The van der Waals surface area contributed by atoms with Gasteiger partial charge in [0.25, 0.3) is 0 Å². The SMILES string of the molecule is Cc1nc(N(Cc2ccccn2)c2ccc(F)c(F)c2)nc(N)c1C. The van der Waals surface area contributed by atoms with Crippen LogP contribution in [0.1, 0.15) is 17.0 Å².